The molecule has 2 aromatic rings. The smallest absolute Gasteiger partial charge is 0.326 e. The van der Waals surface area contributed by atoms with Crippen molar-refractivity contribution < 1.29 is 38.7 Å². The summed E-state index contributed by atoms with van der Waals surface area (Å²) < 4.78 is 0. The van der Waals surface area contributed by atoms with Crippen LogP contribution in [0.25, 0.3) is 10.9 Å². The number of para-hydroxylation sites is 1. The van der Waals surface area contributed by atoms with Crippen LogP contribution in [0.1, 0.15) is 24.8 Å². The fraction of sp³-hybridized carbons (Fsp3) is 0.348. The highest BCUT2D eigenvalue weighted by atomic mass is 16.4. The third kappa shape index (κ3) is 9.12. The van der Waals surface area contributed by atoms with Crippen LogP contribution in [0.4, 0.5) is 0 Å². The van der Waals surface area contributed by atoms with Gasteiger partial charge in [0.25, 0.3) is 0 Å². The molecule has 0 bridgehead atoms. The molecule has 1 aromatic heterocycles. The van der Waals surface area contributed by atoms with E-state index in [1.165, 1.54) is 0 Å². The van der Waals surface area contributed by atoms with E-state index in [4.69, 9.17) is 22.9 Å². The first-order valence-corrected chi connectivity index (χ1v) is 11.6. The third-order valence-electron chi connectivity index (χ3n) is 5.55. The molecule has 0 radical (unpaired) electrons. The molecule has 0 spiro atoms. The summed E-state index contributed by atoms with van der Waals surface area (Å²) in [7, 11) is 0. The number of carbonyl (C=O) groups excluding carboxylic acids is 6. The van der Waals surface area contributed by atoms with Gasteiger partial charge in [0.05, 0.1) is 25.3 Å². The number of nitrogens with two attached hydrogens (primary N) is 4. The molecule has 6 amide bonds. The van der Waals surface area contributed by atoms with Crippen LogP contribution in [0.2, 0.25) is 0 Å². The Morgan fingerprint density at radius 1 is 0.744 bits per heavy atom. The number of primary amides is 3. The lowest BCUT2D eigenvalue weighted by Gasteiger charge is -2.24. The van der Waals surface area contributed by atoms with Gasteiger partial charge in [0, 0.05) is 23.5 Å². The fourth-order valence-electron chi connectivity index (χ4n) is 3.67. The molecular weight excluding hydrogens is 516 g/mol. The number of hydrogen-bond acceptors (Lipinski definition) is 8. The number of fused-ring (bicyclic) bond motifs is 1. The second-order valence-corrected chi connectivity index (χ2v) is 8.70. The van der Waals surface area contributed by atoms with Crippen molar-refractivity contribution in [1.29, 1.82) is 0 Å². The molecule has 16 heteroatoms. The quantitative estimate of drug-likeness (QED) is 0.106. The normalized spacial score (nSPS) is 13.9. The summed E-state index contributed by atoms with van der Waals surface area (Å²) in [5.74, 6) is -7.53. The topological polar surface area (TPSA) is 296 Å². The number of aromatic nitrogens is 1. The zero-order valence-corrected chi connectivity index (χ0v) is 20.6. The van der Waals surface area contributed by atoms with Gasteiger partial charge in [-0.25, -0.2) is 4.79 Å². The summed E-state index contributed by atoms with van der Waals surface area (Å²) in [5.41, 5.74) is 22.2. The van der Waals surface area contributed by atoms with Crippen LogP contribution in [0, 0.1) is 0 Å². The summed E-state index contributed by atoms with van der Waals surface area (Å²) in [6, 6.07) is 0.858. The van der Waals surface area contributed by atoms with Crippen LogP contribution in [0.3, 0.4) is 0 Å². The summed E-state index contributed by atoms with van der Waals surface area (Å²) in [4.78, 5) is 87.0. The number of aliphatic carboxylic acids is 1. The van der Waals surface area contributed by atoms with Crippen molar-refractivity contribution in [2.24, 2.45) is 22.9 Å². The van der Waals surface area contributed by atoms with Gasteiger partial charge in [0.2, 0.25) is 35.4 Å². The van der Waals surface area contributed by atoms with Gasteiger partial charge in [-0.2, -0.15) is 0 Å². The molecule has 0 aliphatic heterocycles. The molecule has 4 unspecified atom stereocenters. The van der Waals surface area contributed by atoms with E-state index in [2.05, 4.69) is 20.9 Å². The number of carboxylic acid groups (broad SMARTS) is 1. The standard InChI is InChI=1S/C23H30N8O8/c24-12(6-17(25)32)20(35)29-14(7-18(26)33)21(36)30-15(8-19(27)34)22(37)31-16(23(38)39)5-10-9-28-13-4-2-1-3-11(10)13/h1-4,9,12,14-16,28H,5-8,24H2,(H2,25,32)(H2,26,33)(H2,27,34)(H,29,35)(H,30,36)(H,31,37)(H,38,39). The van der Waals surface area contributed by atoms with E-state index in [0.717, 1.165) is 10.9 Å². The number of aromatic amines is 1. The van der Waals surface area contributed by atoms with Crippen molar-refractivity contribution in [3.8, 4) is 0 Å². The van der Waals surface area contributed by atoms with Gasteiger partial charge in [-0.05, 0) is 11.6 Å². The zero-order valence-electron chi connectivity index (χ0n) is 20.6. The number of hydrogen-bond donors (Lipinski definition) is 9. The lowest BCUT2D eigenvalue weighted by molar-refractivity contribution is -0.142. The first-order chi connectivity index (χ1) is 18.3. The van der Waals surface area contributed by atoms with Crippen molar-refractivity contribution in [2.75, 3.05) is 0 Å². The third-order valence-corrected chi connectivity index (χ3v) is 5.55. The highest BCUT2D eigenvalue weighted by molar-refractivity contribution is 5.98. The first kappa shape index (κ1) is 30.2. The molecule has 2 rings (SSSR count). The van der Waals surface area contributed by atoms with E-state index in [1.54, 1.807) is 30.5 Å². The summed E-state index contributed by atoms with van der Waals surface area (Å²) in [6.07, 6.45) is -0.577. The minimum atomic E-state index is -1.67. The van der Waals surface area contributed by atoms with Crippen molar-refractivity contribution in [3.05, 3.63) is 36.0 Å². The van der Waals surface area contributed by atoms with E-state index in [1.807, 2.05) is 0 Å². The van der Waals surface area contributed by atoms with Crippen LogP contribution in [-0.2, 0) is 40.0 Å². The van der Waals surface area contributed by atoms with E-state index in [0.29, 0.717) is 5.56 Å². The van der Waals surface area contributed by atoms with Crippen LogP contribution in [-0.4, -0.2) is 75.7 Å². The summed E-state index contributed by atoms with van der Waals surface area (Å²) in [6.45, 7) is 0. The Morgan fingerprint density at radius 2 is 1.23 bits per heavy atom. The predicted octanol–water partition coefficient (Wildman–Crippen LogP) is -3.80. The Labute approximate surface area is 221 Å². The molecule has 1 heterocycles. The van der Waals surface area contributed by atoms with Crippen LogP contribution in [0.5, 0.6) is 0 Å². The van der Waals surface area contributed by atoms with E-state index >= 15 is 0 Å². The number of nitrogens with one attached hydrogen (secondary N) is 4. The Balaban J connectivity index is 2.19. The maximum atomic E-state index is 13.0. The van der Waals surface area contributed by atoms with Crippen molar-refractivity contribution in [1.82, 2.24) is 20.9 Å². The van der Waals surface area contributed by atoms with Crippen molar-refractivity contribution in [3.63, 3.8) is 0 Å². The average molecular weight is 547 g/mol. The maximum absolute atomic E-state index is 13.0. The second-order valence-electron chi connectivity index (χ2n) is 8.70. The average Bonchev–Trinajstić information content (AvgIpc) is 3.24. The van der Waals surface area contributed by atoms with Gasteiger partial charge in [-0.3, -0.25) is 28.8 Å². The largest absolute Gasteiger partial charge is 0.480 e. The Hall–Kier alpha value is -4.99. The molecule has 210 valence electrons. The number of amides is 6. The number of H-pyrrole nitrogens is 1. The minimum Gasteiger partial charge on any atom is -0.480 e. The van der Waals surface area contributed by atoms with Gasteiger partial charge in [-0.1, -0.05) is 18.2 Å². The van der Waals surface area contributed by atoms with Crippen LogP contribution < -0.4 is 38.9 Å². The minimum absolute atomic E-state index is 0.138. The molecule has 4 atom stereocenters. The molecule has 16 nitrogen and oxygen atoms in total. The monoisotopic (exact) mass is 546 g/mol. The summed E-state index contributed by atoms with van der Waals surface area (Å²) in [5, 5.41) is 17.0. The Bertz CT molecular complexity index is 1280. The van der Waals surface area contributed by atoms with Crippen LogP contribution >= 0.6 is 0 Å². The van der Waals surface area contributed by atoms with E-state index in [9.17, 15) is 38.7 Å². The molecule has 0 fully saturated rings. The molecule has 0 saturated heterocycles. The number of benzene rings is 1. The van der Waals surface area contributed by atoms with Gasteiger partial charge >= 0.3 is 5.97 Å². The first-order valence-electron chi connectivity index (χ1n) is 11.6. The zero-order chi connectivity index (χ0) is 29.3. The molecule has 0 aliphatic rings. The highest BCUT2D eigenvalue weighted by Crippen LogP contribution is 2.19. The Kier molecular flexibility index (Phi) is 10.5. The van der Waals surface area contributed by atoms with Gasteiger partial charge in [0.1, 0.15) is 18.1 Å². The Morgan fingerprint density at radius 3 is 1.74 bits per heavy atom. The highest BCUT2D eigenvalue weighted by Gasteiger charge is 2.32. The van der Waals surface area contributed by atoms with Gasteiger partial charge in [0.15, 0.2) is 0 Å². The molecule has 13 N–H and O–H groups in total. The molecule has 0 aliphatic carbocycles. The fourth-order valence-corrected chi connectivity index (χ4v) is 3.67. The van der Waals surface area contributed by atoms with E-state index < -0.39 is 84.8 Å². The predicted molar refractivity (Wildman–Crippen MR) is 135 cm³/mol. The van der Waals surface area contributed by atoms with Gasteiger partial charge in [-0.15, -0.1) is 0 Å². The molecule has 0 saturated carbocycles. The molecule has 1 aromatic carbocycles. The second kappa shape index (κ2) is 13.5. The SMILES string of the molecule is NC(=O)CC(N)C(=O)NC(CC(N)=O)C(=O)NC(CC(N)=O)C(=O)NC(Cc1c[nH]c2ccccc12)C(=O)O. The van der Waals surface area contributed by atoms with Crippen molar-refractivity contribution >= 4 is 52.3 Å². The number of carbonyl (C=O) groups is 7. The summed E-state index contributed by atoms with van der Waals surface area (Å²) >= 11 is 0. The lowest BCUT2D eigenvalue weighted by Crippen LogP contribution is -2.58. The van der Waals surface area contributed by atoms with Crippen LogP contribution in [0.15, 0.2) is 30.5 Å². The van der Waals surface area contributed by atoms with Crippen molar-refractivity contribution in [2.45, 2.75) is 49.9 Å². The number of carboxylic acids is 1. The van der Waals surface area contributed by atoms with E-state index in [-0.39, 0.29) is 6.42 Å². The van der Waals surface area contributed by atoms with Gasteiger partial charge < -0.3 is 49.0 Å². The molecule has 39 heavy (non-hydrogen) atoms. The number of rotatable bonds is 15. The lowest BCUT2D eigenvalue weighted by atomic mass is 10.0. The maximum Gasteiger partial charge on any atom is 0.326 e. The molecular formula is C23H30N8O8.